The number of benzene rings is 3. The van der Waals surface area contributed by atoms with Gasteiger partial charge < -0.3 is 14.4 Å². The molecule has 0 aromatic heterocycles. The maximum Gasteiger partial charge on any atom is 0.329 e. The summed E-state index contributed by atoms with van der Waals surface area (Å²) in [5.41, 5.74) is 2.63. The molecule has 0 radical (unpaired) electrons. The van der Waals surface area contributed by atoms with Crippen molar-refractivity contribution in [2.45, 2.75) is 78.2 Å². The Kier molecular flexibility index (Phi) is 9.11. The lowest BCUT2D eigenvalue weighted by Gasteiger charge is -2.41. The van der Waals surface area contributed by atoms with Crippen LogP contribution in [0.1, 0.15) is 69.2 Å². The van der Waals surface area contributed by atoms with E-state index < -0.39 is 28.5 Å². The van der Waals surface area contributed by atoms with Crippen molar-refractivity contribution < 1.29 is 24.0 Å². The smallest absolute Gasteiger partial charge is 0.329 e. The van der Waals surface area contributed by atoms with Crippen molar-refractivity contribution in [2.75, 3.05) is 0 Å². The lowest BCUT2D eigenvalue weighted by atomic mass is 9.82. The fourth-order valence-electron chi connectivity index (χ4n) is 5.16. The van der Waals surface area contributed by atoms with E-state index in [1.807, 2.05) is 68.4 Å². The summed E-state index contributed by atoms with van der Waals surface area (Å²) >= 11 is 0. The molecular formula is C33H38N2O6. The van der Waals surface area contributed by atoms with Gasteiger partial charge in [-0.25, -0.2) is 4.79 Å². The summed E-state index contributed by atoms with van der Waals surface area (Å²) in [6.45, 7) is 9.83. The average molecular weight is 559 g/mol. The lowest BCUT2D eigenvalue weighted by molar-refractivity contribution is -0.385. The Hall–Kier alpha value is -4.20. The molecule has 1 aliphatic heterocycles. The van der Waals surface area contributed by atoms with Gasteiger partial charge in [-0.2, -0.15) is 0 Å². The summed E-state index contributed by atoms with van der Waals surface area (Å²) in [4.78, 5) is 40.2. The van der Waals surface area contributed by atoms with E-state index in [0.29, 0.717) is 30.8 Å². The van der Waals surface area contributed by atoms with Crippen LogP contribution in [0.2, 0.25) is 0 Å². The molecular weight excluding hydrogens is 520 g/mol. The number of fused-ring (bicyclic) bond motifs is 1. The first-order valence-corrected chi connectivity index (χ1v) is 14.0. The molecule has 0 bridgehead atoms. The second kappa shape index (κ2) is 12.5. The van der Waals surface area contributed by atoms with Crippen molar-refractivity contribution in [3.8, 4) is 5.75 Å². The number of nitrogens with zero attached hydrogens (tertiary/aromatic N) is 2. The largest absolute Gasteiger partial charge is 0.489 e. The maximum atomic E-state index is 14.1. The van der Waals surface area contributed by atoms with Crippen LogP contribution in [0.4, 0.5) is 5.69 Å². The van der Waals surface area contributed by atoms with Gasteiger partial charge in [0.2, 0.25) is 5.91 Å². The molecule has 1 aliphatic rings. The third kappa shape index (κ3) is 7.31. The number of rotatable bonds is 10. The summed E-state index contributed by atoms with van der Waals surface area (Å²) in [6.07, 6.45) is 1.03. The molecule has 0 N–H and O–H groups in total. The average Bonchev–Trinajstić information content (AvgIpc) is 2.93. The van der Waals surface area contributed by atoms with Crippen LogP contribution in [0.5, 0.6) is 5.75 Å². The first-order chi connectivity index (χ1) is 19.5. The van der Waals surface area contributed by atoms with Gasteiger partial charge in [0.15, 0.2) is 0 Å². The Morgan fingerprint density at radius 2 is 1.73 bits per heavy atom. The fourth-order valence-corrected chi connectivity index (χ4v) is 5.16. The lowest BCUT2D eigenvalue weighted by Crippen LogP contribution is -2.53. The van der Waals surface area contributed by atoms with Crippen molar-refractivity contribution >= 4 is 17.6 Å². The Bertz CT molecular complexity index is 1380. The second-order valence-corrected chi connectivity index (χ2v) is 11.6. The normalized spacial score (nSPS) is 16.5. The quantitative estimate of drug-likeness (QED) is 0.158. The maximum absolute atomic E-state index is 14.1. The van der Waals surface area contributed by atoms with Crippen LogP contribution in [0.25, 0.3) is 0 Å². The third-order valence-corrected chi connectivity index (χ3v) is 7.41. The van der Waals surface area contributed by atoms with E-state index in [0.717, 1.165) is 16.7 Å². The van der Waals surface area contributed by atoms with Crippen molar-refractivity contribution in [2.24, 2.45) is 5.92 Å². The van der Waals surface area contributed by atoms with Crippen LogP contribution in [0.15, 0.2) is 72.8 Å². The summed E-state index contributed by atoms with van der Waals surface area (Å²) < 4.78 is 11.7. The Morgan fingerprint density at radius 3 is 2.34 bits per heavy atom. The minimum absolute atomic E-state index is 0.0472. The molecule has 0 unspecified atom stereocenters. The number of non-ortho nitro benzene ring substituents is 1. The number of carbonyl (C=O) groups excluding carboxylic acids is 2. The molecule has 216 valence electrons. The zero-order valence-electron chi connectivity index (χ0n) is 24.3. The molecule has 8 nitrogen and oxygen atoms in total. The molecule has 1 amide bonds. The highest BCUT2D eigenvalue weighted by atomic mass is 16.6. The highest BCUT2D eigenvalue weighted by Gasteiger charge is 2.43. The van der Waals surface area contributed by atoms with Crippen LogP contribution in [0, 0.1) is 16.0 Å². The summed E-state index contributed by atoms with van der Waals surface area (Å²) in [7, 11) is 0. The molecule has 3 atom stereocenters. The van der Waals surface area contributed by atoms with E-state index in [9.17, 15) is 19.7 Å². The summed E-state index contributed by atoms with van der Waals surface area (Å²) in [5, 5.41) is 11.6. The fraction of sp³-hybridized carbons (Fsp3) is 0.394. The van der Waals surface area contributed by atoms with Gasteiger partial charge >= 0.3 is 5.97 Å². The zero-order valence-corrected chi connectivity index (χ0v) is 24.3. The highest BCUT2D eigenvalue weighted by Crippen LogP contribution is 2.37. The minimum Gasteiger partial charge on any atom is -0.489 e. The van der Waals surface area contributed by atoms with Crippen LogP contribution in [-0.4, -0.2) is 33.3 Å². The Labute approximate surface area is 241 Å². The first-order valence-electron chi connectivity index (χ1n) is 14.0. The van der Waals surface area contributed by atoms with Gasteiger partial charge in [0.1, 0.15) is 24.0 Å². The number of carbonyl (C=O) groups is 2. The number of amides is 1. The molecule has 0 spiro atoms. The van der Waals surface area contributed by atoms with Crippen molar-refractivity contribution in [3.63, 3.8) is 0 Å². The van der Waals surface area contributed by atoms with E-state index in [-0.39, 0.29) is 24.1 Å². The van der Waals surface area contributed by atoms with Crippen molar-refractivity contribution in [1.82, 2.24) is 4.90 Å². The molecule has 4 rings (SSSR count). The van der Waals surface area contributed by atoms with Gasteiger partial charge in [-0.05, 0) is 67.5 Å². The molecule has 1 heterocycles. The number of hydrogen-bond acceptors (Lipinski definition) is 6. The topological polar surface area (TPSA) is 99.0 Å². The van der Waals surface area contributed by atoms with Gasteiger partial charge in [-0.3, -0.25) is 14.9 Å². The standard InChI is InChI=1S/C33H38N2O6/c1-6-22(2)30(32(37)41-33(3,4)5)34-20-25-19-26(35(38)39)14-17-28(25)29(31(34)36)18-23-12-15-27(16-13-23)40-21-24-10-8-7-9-11-24/h7-17,19,22,29-30H,6,18,20-21H2,1-5H3/t22-,29+,30-/m0/s1. The number of ether oxygens (including phenoxy) is 2. The number of nitro benzene ring substituents is 1. The van der Waals surface area contributed by atoms with E-state index in [1.54, 1.807) is 31.7 Å². The predicted molar refractivity (Wildman–Crippen MR) is 156 cm³/mol. The molecule has 0 fully saturated rings. The van der Waals surface area contributed by atoms with Gasteiger partial charge in [0, 0.05) is 18.7 Å². The summed E-state index contributed by atoms with van der Waals surface area (Å²) in [6, 6.07) is 21.3. The SMILES string of the molecule is CC[C@H](C)[C@@H](C(=O)OC(C)(C)C)N1Cc2cc([N+](=O)[O-])ccc2[C@@H](Cc2ccc(OCc3ccccc3)cc2)C1=O. The van der Waals surface area contributed by atoms with Gasteiger partial charge in [0.25, 0.3) is 5.69 Å². The summed E-state index contributed by atoms with van der Waals surface area (Å²) in [5.74, 6) is -0.716. The monoisotopic (exact) mass is 558 g/mol. The van der Waals surface area contributed by atoms with Crippen LogP contribution < -0.4 is 4.74 Å². The van der Waals surface area contributed by atoms with Crippen LogP contribution in [0.3, 0.4) is 0 Å². The Morgan fingerprint density at radius 1 is 1.05 bits per heavy atom. The molecule has 0 saturated carbocycles. The minimum atomic E-state index is -0.810. The van der Waals surface area contributed by atoms with E-state index in [1.165, 1.54) is 12.1 Å². The van der Waals surface area contributed by atoms with Crippen LogP contribution in [-0.2, 0) is 33.9 Å². The molecule has 8 heteroatoms. The highest BCUT2D eigenvalue weighted by molar-refractivity contribution is 5.91. The predicted octanol–water partition coefficient (Wildman–Crippen LogP) is 6.60. The number of esters is 1. The molecule has 3 aromatic carbocycles. The molecule has 0 aliphatic carbocycles. The molecule has 41 heavy (non-hydrogen) atoms. The zero-order chi connectivity index (χ0) is 29.7. The molecule has 0 saturated heterocycles. The third-order valence-electron chi connectivity index (χ3n) is 7.41. The van der Waals surface area contributed by atoms with Gasteiger partial charge in [-0.1, -0.05) is 68.8 Å². The van der Waals surface area contributed by atoms with E-state index in [4.69, 9.17) is 9.47 Å². The Balaban J connectivity index is 1.63. The first kappa shape index (κ1) is 29.8. The van der Waals surface area contributed by atoms with Crippen molar-refractivity contribution in [1.29, 1.82) is 0 Å². The van der Waals surface area contributed by atoms with Gasteiger partial charge in [-0.15, -0.1) is 0 Å². The van der Waals surface area contributed by atoms with E-state index in [2.05, 4.69) is 0 Å². The van der Waals surface area contributed by atoms with Crippen LogP contribution >= 0.6 is 0 Å². The van der Waals surface area contributed by atoms with Crippen molar-refractivity contribution in [3.05, 3.63) is 105 Å². The second-order valence-electron chi connectivity index (χ2n) is 11.6. The van der Waals surface area contributed by atoms with Gasteiger partial charge in [0.05, 0.1) is 10.8 Å². The number of hydrogen-bond donors (Lipinski definition) is 0. The molecule has 3 aromatic rings. The van der Waals surface area contributed by atoms with E-state index >= 15 is 0 Å². The number of nitro groups is 1.